The molecule has 1 rings (SSSR count). The van der Waals surface area contributed by atoms with Crippen LogP contribution in [0.5, 0.6) is 0 Å². The van der Waals surface area contributed by atoms with Crippen molar-refractivity contribution in [2.45, 2.75) is 33.4 Å². The van der Waals surface area contributed by atoms with Gasteiger partial charge in [-0.15, -0.1) is 0 Å². The Labute approximate surface area is 95.6 Å². The smallest absolute Gasteiger partial charge is 0.301 e. The molecule has 0 saturated heterocycles. The van der Waals surface area contributed by atoms with E-state index in [1.54, 1.807) is 0 Å². The van der Waals surface area contributed by atoms with Gasteiger partial charge in [-0.3, -0.25) is 15.1 Å². The van der Waals surface area contributed by atoms with Crippen LogP contribution in [0.2, 0.25) is 0 Å². The van der Waals surface area contributed by atoms with Gasteiger partial charge < -0.3 is 4.42 Å². The molecule has 0 radical (unpaired) electrons. The monoisotopic (exact) mass is 225 g/mol. The minimum Gasteiger partial charge on any atom is -0.454 e. The number of nitrogens with two attached hydrogens (primary N) is 1. The SMILES string of the molecule is Cc1cc(CN(C)C(C)C)oc1C(=O)NN. The summed E-state index contributed by atoms with van der Waals surface area (Å²) in [6.07, 6.45) is 0. The standard InChI is InChI=1S/C11H19N3O2/c1-7(2)14(4)6-9-5-8(3)10(16-9)11(15)13-12/h5,7H,6,12H2,1-4H3,(H,13,15). The zero-order chi connectivity index (χ0) is 12.3. The summed E-state index contributed by atoms with van der Waals surface area (Å²) in [6.45, 7) is 6.70. The first kappa shape index (κ1) is 12.7. The van der Waals surface area contributed by atoms with E-state index in [9.17, 15) is 4.79 Å². The number of hydrogen-bond acceptors (Lipinski definition) is 4. The van der Waals surface area contributed by atoms with E-state index in [1.807, 2.05) is 20.0 Å². The molecule has 90 valence electrons. The summed E-state index contributed by atoms with van der Waals surface area (Å²) in [5, 5.41) is 0. The number of nitrogen functional groups attached to an aromatic ring is 1. The van der Waals surface area contributed by atoms with Gasteiger partial charge >= 0.3 is 5.91 Å². The van der Waals surface area contributed by atoms with Gasteiger partial charge in [0.25, 0.3) is 0 Å². The minimum absolute atomic E-state index is 0.287. The number of nitrogens with one attached hydrogen (secondary N) is 1. The first-order valence-corrected chi connectivity index (χ1v) is 5.26. The maximum Gasteiger partial charge on any atom is 0.301 e. The normalized spacial score (nSPS) is 11.2. The van der Waals surface area contributed by atoms with Gasteiger partial charge in [-0.2, -0.15) is 0 Å². The van der Waals surface area contributed by atoms with Gasteiger partial charge in [-0.1, -0.05) is 0 Å². The first-order valence-electron chi connectivity index (χ1n) is 5.26. The molecule has 3 N–H and O–H groups in total. The van der Waals surface area contributed by atoms with Gasteiger partial charge in [-0.25, -0.2) is 5.84 Å². The quantitative estimate of drug-likeness (QED) is 0.456. The number of amides is 1. The zero-order valence-corrected chi connectivity index (χ0v) is 10.2. The number of aryl methyl sites for hydroxylation is 1. The van der Waals surface area contributed by atoms with Crippen LogP contribution in [0, 0.1) is 6.92 Å². The van der Waals surface area contributed by atoms with Crippen LogP contribution >= 0.6 is 0 Å². The lowest BCUT2D eigenvalue weighted by Crippen LogP contribution is -2.30. The van der Waals surface area contributed by atoms with E-state index in [0.717, 1.165) is 11.3 Å². The molecule has 0 aromatic carbocycles. The third kappa shape index (κ3) is 2.84. The summed E-state index contributed by atoms with van der Waals surface area (Å²) < 4.78 is 5.45. The van der Waals surface area contributed by atoms with Gasteiger partial charge in [-0.05, 0) is 33.9 Å². The summed E-state index contributed by atoms with van der Waals surface area (Å²) in [4.78, 5) is 13.5. The average Bonchev–Trinajstić information content (AvgIpc) is 2.58. The van der Waals surface area contributed by atoms with E-state index < -0.39 is 5.91 Å². The van der Waals surface area contributed by atoms with Crippen molar-refractivity contribution in [3.05, 3.63) is 23.2 Å². The lowest BCUT2D eigenvalue weighted by Gasteiger charge is -2.19. The molecule has 0 unspecified atom stereocenters. The molecule has 0 atom stereocenters. The van der Waals surface area contributed by atoms with E-state index in [-0.39, 0.29) is 5.76 Å². The van der Waals surface area contributed by atoms with Crippen molar-refractivity contribution in [2.75, 3.05) is 7.05 Å². The molecule has 5 nitrogen and oxygen atoms in total. The minimum atomic E-state index is -0.393. The Balaban J connectivity index is 2.81. The second-order valence-corrected chi connectivity index (χ2v) is 4.21. The van der Waals surface area contributed by atoms with E-state index in [2.05, 4.69) is 24.2 Å². The molecular formula is C11H19N3O2. The molecule has 0 aliphatic heterocycles. The van der Waals surface area contributed by atoms with E-state index in [1.165, 1.54) is 0 Å². The second-order valence-electron chi connectivity index (χ2n) is 4.21. The Morgan fingerprint density at radius 2 is 2.25 bits per heavy atom. The fraction of sp³-hybridized carbons (Fsp3) is 0.545. The summed E-state index contributed by atoms with van der Waals surface area (Å²) in [5.41, 5.74) is 2.87. The van der Waals surface area contributed by atoms with Crippen LogP contribution in [0.25, 0.3) is 0 Å². The topological polar surface area (TPSA) is 71.5 Å². The van der Waals surface area contributed by atoms with Crippen molar-refractivity contribution in [2.24, 2.45) is 5.84 Å². The van der Waals surface area contributed by atoms with Crippen LogP contribution in [-0.2, 0) is 6.54 Å². The second kappa shape index (κ2) is 5.14. The van der Waals surface area contributed by atoms with Gasteiger partial charge in [0.15, 0.2) is 5.76 Å². The first-order chi connectivity index (χ1) is 7.45. The van der Waals surface area contributed by atoms with Crippen LogP contribution in [-0.4, -0.2) is 23.9 Å². The van der Waals surface area contributed by atoms with Crippen molar-refractivity contribution in [3.8, 4) is 0 Å². The molecule has 0 spiro atoms. The Hall–Kier alpha value is -1.33. The lowest BCUT2D eigenvalue weighted by molar-refractivity contribution is 0.0921. The zero-order valence-electron chi connectivity index (χ0n) is 10.2. The van der Waals surface area contributed by atoms with Crippen LogP contribution in [0.3, 0.4) is 0 Å². The third-order valence-electron chi connectivity index (χ3n) is 2.59. The van der Waals surface area contributed by atoms with Crippen LogP contribution in [0.15, 0.2) is 10.5 Å². The summed E-state index contributed by atoms with van der Waals surface area (Å²) in [7, 11) is 2.01. The molecule has 16 heavy (non-hydrogen) atoms. The number of nitrogens with zero attached hydrogens (tertiary/aromatic N) is 1. The molecule has 0 saturated carbocycles. The molecule has 1 aromatic rings. The predicted molar refractivity (Wildman–Crippen MR) is 61.7 cm³/mol. The van der Waals surface area contributed by atoms with E-state index in [0.29, 0.717) is 12.6 Å². The highest BCUT2D eigenvalue weighted by molar-refractivity contribution is 5.92. The molecule has 1 heterocycles. The Bertz CT molecular complexity index is 371. The van der Waals surface area contributed by atoms with Crippen LogP contribution in [0.4, 0.5) is 0 Å². The van der Waals surface area contributed by atoms with E-state index in [4.69, 9.17) is 10.3 Å². The number of carbonyl (C=O) groups excluding carboxylic acids is 1. The Kier molecular flexibility index (Phi) is 4.09. The fourth-order valence-corrected chi connectivity index (χ4v) is 1.35. The maximum atomic E-state index is 11.3. The largest absolute Gasteiger partial charge is 0.454 e. The molecule has 1 aromatic heterocycles. The molecule has 0 aliphatic rings. The molecule has 1 amide bonds. The van der Waals surface area contributed by atoms with Gasteiger partial charge in [0.1, 0.15) is 5.76 Å². The van der Waals surface area contributed by atoms with Crippen molar-refractivity contribution in [3.63, 3.8) is 0 Å². The number of hydrazine groups is 1. The summed E-state index contributed by atoms with van der Waals surface area (Å²) in [5.74, 6) is 5.73. The molecule has 5 heteroatoms. The average molecular weight is 225 g/mol. The van der Waals surface area contributed by atoms with Crippen molar-refractivity contribution in [1.29, 1.82) is 0 Å². The molecule has 0 fully saturated rings. The summed E-state index contributed by atoms with van der Waals surface area (Å²) in [6, 6.07) is 2.29. The highest BCUT2D eigenvalue weighted by Crippen LogP contribution is 2.16. The molecule has 0 bridgehead atoms. The Morgan fingerprint density at radius 3 is 2.75 bits per heavy atom. The highest BCUT2D eigenvalue weighted by atomic mass is 16.4. The van der Waals surface area contributed by atoms with E-state index >= 15 is 0 Å². The third-order valence-corrected chi connectivity index (χ3v) is 2.59. The molecular weight excluding hydrogens is 206 g/mol. The summed E-state index contributed by atoms with van der Waals surface area (Å²) >= 11 is 0. The van der Waals surface area contributed by atoms with Crippen LogP contribution < -0.4 is 11.3 Å². The number of rotatable bonds is 4. The number of furan rings is 1. The van der Waals surface area contributed by atoms with Gasteiger partial charge in [0.05, 0.1) is 6.54 Å². The van der Waals surface area contributed by atoms with Crippen molar-refractivity contribution >= 4 is 5.91 Å². The Morgan fingerprint density at radius 1 is 1.62 bits per heavy atom. The fourth-order valence-electron chi connectivity index (χ4n) is 1.35. The highest BCUT2D eigenvalue weighted by Gasteiger charge is 2.15. The lowest BCUT2D eigenvalue weighted by atomic mass is 10.2. The van der Waals surface area contributed by atoms with Gasteiger partial charge in [0, 0.05) is 11.6 Å². The number of carbonyl (C=O) groups is 1. The van der Waals surface area contributed by atoms with Crippen molar-refractivity contribution in [1.82, 2.24) is 10.3 Å². The molecule has 0 aliphatic carbocycles. The number of hydrogen-bond donors (Lipinski definition) is 2. The van der Waals surface area contributed by atoms with Crippen LogP contribution in [0.1, 0.15) is 35.7 Å². The van der Waals surface area contributed by atoms with Gasteiger partial charge in [0.2, 0.25) is 0 Å². The predicted octanol–water partition coefficient (Wildman–Crippen LogP) is 1.03. The van der Waals surface area contributed by atoms with Crippen molar-refractivity contribution < 1.29 is 9.21 Å². The maximum absolute atomic E-state index is 11.3.